The van der Waals surface area contributed by atoms with Crippen LogP contribution in [-0.4, -0.2) is 75.4 Å². The summed E-state index contributed by atoms with van der Waals surface area (Å²) in [6.07, 6.45) is 3.57. The quantitative estimate of drug-likeness (QED) is 0.380. The first-order chi connectivity index (χ1) is 17.1. The zero-order valence-electron chi connectivity index (χ0n) is 20.2. The Labute approximate surface area is 215 Å². The number of hydrogen-bond acceptors (Lipinski definition) is 9. The molecule has 0 atom stereocenters. The number of allylic oxidation sites excluding steroid dienone is 1. The topological polar surface area (TPSA) is 75.0 Å². The van der Waals surface area contributed by atoms with Crippen LogP contribution in [0.1, 0.15) is 23.3 Å². The number of anilines is 1. The molecule has 9 heteroatoms. The number of thioether (sulfide) groups is 1. The van der Waals surface area contributed by atoms with Gasteiger partial charge in [-0.1, -0.05) is 0 Å². The summed E-state index contributed by atoms with van der Waals surface area (Å²) in [4.78, 5) is 17.9. The van der Waals surface area contributed by atoms with E-state index in [1.165, 1.54) is 0 Å². The number of rotatable bonds is 8. The van der Waals surface area contributed by atoms with Gasteiger partial charge in [0.05, 0.1) is 37.4 Å². The third-order valence-electron chi connectivity index (χ3n) is 6.22. The molecule has 0 unspecified atom stereocenters. The number of ether oxygens (including phenoxy) is 3. The van der Waals surface area contributed by atoms with Gasteiger partial charge in [0.2, 0.25) is 0 Å². The monoisotopic (exact) mass is 513 g/mol. The van der Waals surface area contributed by atoms with E-state index in [1.54, 1.807) is 25.6 Å². The van der Waals surface area contributed by atoms with Crippen molar-refractivity contribution < 1.29 is 19.0 Å². The Kier molecular flexibility index (Phi) is 8.96. The highest BCUT2D eigenvalue weighted by atomic mass is 32.2. The van der Waals surface area contributed by atoms with Crippen LogP contribution in [-0.2, 0) is 9.53 Å². The minimum absolute atomic E-state index is 0.00696. The fourth-order valence-corrected chi connectivity index (χ4v) is 6.26. The number of nitrogens with zero attached hydrogens (tertiary/aromatic N) is 3. The van der Waals surface area contributed by atoms with E-state index in [0.29, 0.717) is 23.6 Å². The van der Waals surface area contributed by atoms with Gasteiger partial charge in [-0.25, -0.2) is 0 Å². The van der Waals surface area contributed by atoms with Gasteiger partial charge in [-0.15, -0.1) is 11.3 Å². The molecule has 4 rings (SSSR count). The Balaban J connectivity index is 1.33. The number of thiophene rings is 1. The van der Waals surface area contributed by atoms with E-state index in [1.807, 2.05) is 42.1 Å². The summed E-state index contributed by atoms with van der Waals surface area (Å²) < 4.78 is 16.4. The zero-order valence-corrected chi connectivity index (χ0v) is 21.8. The number of piperidine rings is 1. The Bertz CT molecular complexity index is 1080. The molecule has 2 aromatic rings. The van der Waals surface area contributed by atoms with E-state index in [2.05, 4.69) is 21.9 Å². The molecule has 7 nitrogen and oxygen atoms in total. The molecule has 0 amide bonds. The molecular weight excluding hydrogens is 482 g/mol. The van der Waals surface area contributed by atoms with Crippen LogP contribution in [0, 0.1) is 11.3 Å². The maximum Gasteiger partial charge on any atom is 0.320 e. The molecule has 2 saturated heterocycles. The van der Waals surface area contributed by atoms with E-state index in [-0.39, 0.29) is 12.1 Å². The standard InChI is InChI=1S/C26H31N3O4S2/c1-31-23-5-3-19(16-24(23)32-2)20(17-27)15-22-4-6-25(35-22)29-9-7-21(8-10-29)33-26(30)18-28-11-13-34-14-12-28/h3-6,15-16,21H,7-14,18H2,1-2H3/b20-15+. The fourth-order valence-electron chi connectivity index (χ4n) is 4.27. The number of esters is 1. The van der Waals surface area contributed by atoms with Crippen LogP contribution in [0.25, 0.3) is 11.6 Å². The number of carbonyl (C=O) groups is 1. The second-order valence-electron chi connectivity index (χ2n) is 8.48. The summed E-state index contributed by atoms with van der Waals surface area (Å²) in [5.74, 6) is 3.31. The average molecular weight is 514 g/mol. The Morgan fingerprint density at radius 2 is 1.83 bits per heavy atom. The normalized spacial score (nSPS) is 17.6. The van der Waals surface area contributed by atoms with Gasteiger partial charge in [0.25, 0.3) is 0 Å². The summed E-state index contributed by atoms with van der Waals surface area (Å²) in [5.41, 5.74) is 1.35. The molecular formula is C26H31N3O4S2. The zero-order chi connectivity index (χ0) is 24.6. The van der Waals surface area contributed by atoms with Gasteiger partial charge in [-0.05, 0) is 42.0 Å². The highest BCUT2D eigenvalue weighted by molar-refractivity contribution is 7.99. The largest absolute Gasteiger partial charge is 0.493 e. The summed E-state index contributed by atoms with van der Waals surface area (Å²) in [5, 5.41) is 10.9. The third kappa shape index (κ3) is 6.72. The van der Waals surface area contributed by atoms with E-state index < -0.39 is 0 Å². The van der Waals surface area contributed by atoms with Crippen molar-refractivity contribution in [1.82, 2.24) is 4.90 Å². The average Bonchev–Trinajstić information content (AvgIpc) is 3.36. The number of benzene rings is 1. The molecule has 0 spiro atoms. The predicted octanol–water partition coefficient (Wildman–Crippen LogP) is 4.39. The van der Waals surface area contributed by atoms with Gasteiger partial charge >= 0.3 is 5.97 Å². The second-order valence-corrected chi connectivity index (χ2v) is 10.8. The predicted molar refractivity (Wildman–Crippen MR) is 142 cm³/mol. The van der Waals surface area contributed by atoms with Crippen molar-refractivity contribution in [3.8, 4) is 17.6 Å². The summed E-state index contributed by atoms with van der Waals surface area (Å²) in [6, 6.07) is 11.9. The maximum atomic E-state index is 12.3. The molecule has 35 heavy (non-hydrogen) atoms. The molecule has 1 aromatic heterocycles. The van der Waals surface area contributed by atoms with Gasteiger partial charge in [0.15, 0.2) is 11.5 Å². The van der Waals surface area contributed by atoms with Crippen LogP contribution in [0.3, 0.4) is 0 Å². The first-order valence-corrected chi connectivity index (χ1v) is 13.7. The van der Waals surface area contributed by atoms with Crippen molar-refractivity contribution in [2.24, 2.45) is 0 Å². The lowest BCUT2D eigenvalue weighted by Crippen LogP contribution is -2.41. The molecule has 0 N–H and O–H groups in total. The summed E-state index contributed by atoms with van der Waals surface area (Å²) in [7, 11) is 3.18. The molecule has 1 aromatic carbocycles. The molecule has 3 heterocycles. The van der Waals surface area contributed by atoms with Gasteiger partial charge in [0.1, 0.15) is 6.10 Å². The smallest absolute Gasteiger partial charge is 0.320 e. The second kappa shape index (κ2) is 12.3. The van der Waals surface area contributed by atoms with E-state index in [0.717, 1.165) is 66.0 Å². The summed E-state index contributed by atoms with van der Waals surface area (Å²) >= 11 is 3.60. The van der Waals surface area contributed by atoms with E-state index in [9.17, 15) is 10.1 Å². The number of methoxy groups -OCH3 is 2. The third-order valence-corrected chi connectivity index (χ3v) is 8.26. The van der Waals surface area contributed by atoms with Gasteiger partial charge in [-0.3, -0.25) is 9.69 Å². The minimum Gasteiger partial charge on any atom is -0.493 e. The Morgan fingerprint density at radius 3 is 2.51 bits per heavy atom. The van der Waals surface area contributed by atoms with Crippen LogP contribution in [0.4, 0.5) is 5.00 Å². The van der Waals surface area contributed by atoms with E-state index >= 15 is 0 Å². The Hall–Kier alpha value is -2.67. The van der Waals surface area contributed by atoms with Crippen molar-refractivity contribution in [1.29, 1.82) is 5.26 Å². The lowest BCUT2D eigenvalue weighted by Gasteiger charge is -2.33. The van der Waals surface area contributed by atoms with Gasteiger partial charge in [0, 0.05) is 55.4 Å². The van der Waals surface area contributed by atoms with Crippen molar-refractivity contribution in [2.45, 2.75) is 18.9 Å². The van der Waals surface area contributed by atoms with Gasteiger partial charge in [-0.2, -0.15) is 17.0 Å². The Morgan fingerprint density at radius 1 is 1.09 bits per heavy atom. The first kappa shape index (κ1) is 25.4. The molecule has 0 saturated carbocycles. The molecule has 2 fully saturated rings. The van der Waals surface area contributed by atoms with Crippen LogP contribution in [0.15, 0.2) is 30.3 Å². The lowest BCUT2D eigenvalue weighted by atomic mass is 10.1. The number of carbonyl (C=O) groups excluding carboxylic acids is 1. The SMILES string of the molecule is COc1ccc(/C(C#N)=C/c2ccc(N3CCC(OC(=O)CN4CCSCC4)CC3)s2)cc1OC. The first-order valence-electron chi connectivity index (χ1n) is 11.8. The molecule has 0 bridgehead atoms. The highest BCUT2D eigenvalue weighted by Gasteiger charge is 2.24. The molecule has 186 valence electrons. The van der Waals surface area contributed by atoms with Crippen LogP contribution < -0.4 is 14.4 Å². The van der Waals surface area contributed by atoms with Crippen LogP contribution in [0.5, 0.6) is 11.5 Å². The maximum absolute atomic E-state index is 12.3. The van der Waals surface area contributed by atoms with Crippen molar-refractivity contribution in [3.63, 3.8) is 0 Å². The van der Waals surface area contributed by atoms with Crippen molar-refractivity contribution in [2.75, 3.05) is 63.3 Å². The van der Waals surface area contributed by atoms with Gasteiger partial charge < -0.3 is 19.1 Å². The molecule has 2 aliphatic heterocycles. The van der Waals surface area contributed by atoms with Crippen LogP contribution in [0.2, 0.25) is 0 Å². The van der Waals surface area contributed by atoms with Crippen molar-refractivity contribution in [3.05, 3.63) is 40.8 Å². The molecule has 2 aliphatic rings. The summed E-state index contributed by atoms with van der Waals surface area (Å²) in [6.45, 7) is 4.04. The minimum atomic E-state index is -0.0990. The highest BCUT2D eigenvalue weighted by Crippen LogP contribution is 2.34. The fraction of sp³-hybridized carbons (Fsp3) is 0.462. The van der Waals surface area contributed by atoms with E-state index in [4.69, 9.17) is 14.2 Å². The lowest BCUT2D eigenvalue weighted by molar-refractivity contribution is -0.151. The number of hydrogen-bond donors (Lipinski definition) is 0. The molecule has 0 radical (unpaired) electrons. The molecule has 0 aliphatic carbocycles. The number of nitriles is 1. The van der Waals surface area contributed by atoms with Crippen molar-refractivity contribution >= 4 is 45.7 Å². The van der Waals surface area contributed by atoms with Crippen LogP contribution >= 0.6 is 23.1 Å².